The quantitative estimate of drug-likeness (QED) is 0.353. The standard InChI is InChI=1S/C7H12Cl2N2/c8-5-3-1-2-4-6-10-7-11-9/h1-6H2. The van der Waals surface area contributed by atoms with Gasteiger partial charge in [-0.1, -0.05) is 12.8 Å². The molecule has 0 aliphatic carbocycles. The molecule has 0 unspecified atom stereocenters. The Kier molecular flexibility index (Phi) is 9.92. The van der Waals surface area contributed by atoms with Crippen LogP contribution in [0.1, 0.15) is 25.7 Å². The lowest BCUT2D eigenvalue weighted by molar-refractivity contribution is 0.678. The van der Waals surface area contributed by atoms with Gasteiger partial charge in [-0.25, -0.2) is 4.99 Å². The van der Waals surface area contributed by atoms with E-state index < -0.39 is 0 Å². The normalized spacial score (nSPS) is 8.91. The third-order valence-electron chi connectivity index (χ3n) is 1.26. The molecule has 0 heterocycles. The molecule has 0 radical (unpaired) electrons. The van der Waals surface area contributed by atoms with E-state index >= 15 is 0 Å². The zero-order valence-corrected chi connectivity index (χ0v) is 7.90. The van der Waals surface area contributed by atoms with E-state index in [0.29, 0.717) is 0 Å². The minimum atomic E-state index is 0.756. The van der Waals surface area contributed by atoms with Gasteiger partial charge in [-0.15, -0.1) is 16.1 Å². The fourth-order valence-electron chi connectivity index (χ4n) is 0.716. The topological polar surface area (TPSA) is 24.7 Å². The first-order valence-electron chi connectivity index (χ1n) is 3.70. The molecule has 0 saturated carbocycles. The maximum atomic E-state index is 5.50. The predicted octanol–water partition coefficient (Wildman–Crippen LogP) is 3.11. The molecule has 0 aromatic rings. The van der Waals surface area contributed by atoms with E-state index in [1.807, 2.05) is 0 Å². The van der Waals surface area contributed by atoms with Gasteiger partial charge in [0.15, 0.2) is 0 Å². The van der Waals surface area contributed by atoms with E-state index in [0.717, 1.165) is 25.3 Å². The van der Waals surface area contributed by atoms with Crippen LogP contribution in [0.25, 0.3) is 0 Å². The molecule has 0 saturated heterocycles. The van der Waals surface area contributed by atoms with E-state index in [-0.39, 0.29) is 0 Å². The Hall–Kier alpha value is -0.0400. The Morgan fingerprint density at radius 3 is 2.45 bits per heavy atom. The summed E-state index contributed by atoms with van der Waals surface area (Å²) in [6.07, 6.45) is 4.50. The molecule has 0 aromatic carbocycles. The number of hydrogen-bond acceptors (Lipinski definition) is 2. The Morgan fingerprint density at radius 1 is 1.09 bits per heavy atom. The third kappa shape index (κ3) is 9.96. The summed E-state index contributed by atoms with van der Waals surface area (Å²) in [6, 6.07) is 2.33. The van der Waals surface area contributed by atoms with Crippen molar-refractivity contribution in [3.05, 3.63) is 0 Å². The Morgan fingerprint density at radius 2 is 1.82 bits per heavy atom. The van der Waals surface area contributed by atoms with Crippen molar-refractivity contribution in [3.8, 4) is 0 Å². The van der Waals surface area contributed by atoms with Gasteiger partial charge >= 0.3 is 0 Å². The molecule has 0 aromatic heterocycles. The molecule has 0 atom stereocenters. The molecule has 64 valence electrons. The number of rotatable bonds is 6. The third-order valence-corrected chi connectivity index (χ3v) is 1.60. The number of halogens is 2. The van der Waals surface area contributed by atoms with Crippen molar-refractivity contribution in [1.82, 2.24) is 0 Å². The molecule has 4 heteroatoms. The maximum Gasteiger partial charge on any atom is 0.108 e. The highest BCUT2D eigenvalue weighted by atomic mass is 35.5. The van der Waals surface area contributed by atoms with Crippen molar-refractivity contribution in [3.63, 3.8) is 0 Å². The van der Waals surface area contributed by atoms with Crippen LogP contribution >= 0.6 is 23.4 Å². The Labute approximate surface area is 77.4 Å². The van der Waals surface area contributed by atoms with Crippen LogP contribution in [0.15, 0.2) is 9.50 Å². The van der Waals surface area contributed by atoms with Crippen LogP contribution in [0.5, 0.6) is 0 Å². The average Bonchev–Trinajstić information content (AvgIpc) is 2.03. The van der Waals surface area contributed by atoms with Crippen molar-refractivity contribution in [2.24, 2.45) is 9.50 Å². The monoisotopic (exact) mass is 194 g/mol. The minimum Gasteiger partial charge on any atom is -0.225 e. The number of alkyl halides is 1. The second-order valence-corrected chi connectivity index (χ2v) is 2.72. The van der Waals surface area contributed by atoms with Gasteiger partial charge in [-0.2, -0.15) is 0 Å². The number of aliphatic imine (C=N–C) groups is 1. The zero-order valence-electron chi connectivity index (χ0n) is 6.39. The first kappa shape index (κ1) is 11.0. The van der Waals surface area contributed by atoms with Gasteiger partial charge in [0.2, 0.25) is 0 Å². The summed E-state index contributed by atoms with van der Waals surface area (Å²) >= 11 is 10.5. The van der Waals surface area contributed by atoms with Gasteiger partial charge in [0.25, 0.3) is 0 Å². The molecule has 0 N–H and O–H groups in total. The second-order valence-electron chi connectivity index (χ2n) is 2.17. The van der Waals surface area contributed by atoms with Crippen molar-refractivity contribution >= 4 is 29.4 Å². The van der Waals surface area contributed by atoms with Crippen molar-refractivity contribution in [2.45, 2.75) is 25.7 Å². The van der Waals surface area contributed by atoms with Crippen molar-refractivity contribution in [2.75, 3.05) is 12.4 Å². The zero-order chi connectivity index (χ0) is 8.36. The van der Waals surface area contributed by atoms with Gasteiger partial charge in [0, 0.05) is 24.2 Å². The Bertz CT molecular complexity index is 130. The first-order valence-corrected chi connectivity index (χ1v) is 4.57. The molecule has 0 aliphatic heterocycles. The summed E-state index contributed by atoms with van der Waals surface area (Å²) in [7, 11) is 0. The largest absolute Gasteiger partial charge is 0.225 e. The van der Waals surface area contributed by atoms with Crippen LogP contribution in [0.2, 0.25) is 0 Å². The summed E-state index contributed by atoms with van der Waals surface area (Å²) in [6.45, 7) is 0.762. The van der Waals surface area contributed by atoms with E-state index in [2.05, 4.69) is 15.5 Å². The molecule has 0 bridgehead atoms. The SMILES string of the molecule is ClCCCCCCN=C=NCl. The fraction of sp³-hybridized carbons (Fsp3) is 0.857. The smallest absolute Gasteiger partial charge is 0.108 e. The fourth-order valence-corrected chi connectivity index (χ4v) is 0.958. The summed E-state index contributed by atoms with van der Waals surface area (Å²) in [4.78, 5) is 3.81. The van der Waals surface area contributed by atoms with Crippen LogP contribution in [0.3, 0.4) is 0 Å². The molecular weight excluding hydrogens is 183 g/mol. The lowest BCUT2D eigenvalue weighted by atomic mass is 10.2. The van der Waals surface area contributed by atoms with Crippen LogP contribution < -0.4 is 0 Å². The Balaban J connectivity index is 2.96. The average molecular weight is 195 g/mol. The molecular formula is C7H12Cl2N2. The molecule has 11 heavy (non-hydrogen) atoms. The van der Waals surface area contributed by atoms with Crippen molar-refractivity contribution in [1.29, 1.82) is 0 Å². The highest BCUT2D eigenvalue weighted by Crippen LogP contribution is 2.00. The second kappa shape index (κ2) is 9.96. The van der Waals surface area contributed by atoms with E-state index in [1.54, 1.807) is 0 Å². The van der Waals surface area contributed by atoms with Gasteiger partial charge < -0.3 is 0 Å². The minimum absolute atomic E-state index is 0.756. The van der Waals surface area contributed by atoms with Gasteiger partial charge in [-0.05, 0) is 12.8 Å². The summed E-state index contributed by atoms with van der Waals surface area (Å²) in [5, 5.41) is 0. The molecule has 0 spiro atoms. The summed E-state index contributed by atoms with van der Waals surface area (Å²) in [5.41, 5.74) is 0. The number of unbranched alkanes of at least 4 members (excludes halogenated alkanes) is 3. The molecule has 0 aliphatic rings. The lowest BCUT2D eigenvalue weighted by Crippen LogP contribution is -1.82. The molecule has 0 rings (SSSR count). The summed E-state index contributed by atoms with van der Waals surface area (Å²) < 4.78 is 3.10. The van der Waals surface area contributed by atoms with Crippen LogP contribution in [-0.2, 0) is 0 Å². The molecule has 0 fully saturated rings. The molecule has 2 nitrogen and oxygen atoms in total. The number of nitrogens with zero attached hydrogens (tertiary/aromatic N) is 2. The summed E-state index contributed by atoms with van der Waals surface area (Å²) in [5.74, 6) is 0.756. The highest BCUT2D eigenvalue weighted by molar-refractivity contribution is 6.17. The lowest BCUT2D eigenvalue weighted by Gasteiger charge is -1.93. The predicted molar refractivity (Wildman–Crippen MR) is 49.8 cm³/mol. The van der Waals surface area contributed by atoms with Gasteiger partial charge in [0.05, 0.1) is 0 Å². The number of hydrogen-bond donors (Lipinski definition) is 0. The van der Waals surface area contributed by atoms with E-state index in [9.17, 15) is 0 Å². The highest BCUT2D eigenvalue weighted by Gasteiger charge is 1.86. The first-order chi connectivity index (χ1) is 5.41. The van der Waals surface area contributed by atoms with Gasteiger partial charge in [0.1, 0.15) is 6.01 Å². The van der Waals surface area contributed by atoms with Crippen LogP contribution in [0.4, 0.5) is 0 Å². The molecule has 0 amide bonds. The van der Waals surface area contributed by atoms with Crippen LogP contribution in [0, 0.1) is 0 Å². The van der Waals surface area contributed by atoms with E-state index in [4.69, 9.17) is 23.4 Å². The van der Waals surface area contributed by atoms with E-state index in [1.165, 1.54) is 12.8 Å². The maximum absolute atomic E-state index is 5.50. The van der Waals surface area contributed by atoms with Crippen LogP contribution in [-0.4, -0.2) is 18.4 Å². The van der Waals surface area contributed by atoms with Gasteiger partial charge in [-0.3, -0.25) is 0 Å². The van der Waals surface area contributed by atoms with Crippen molar-refractivity contribution < 1.29 is 0 Å².